The van der Waals surface area contributed by atoms with Crippen LogP contribution in [0.3, 0.4) is 0 Å². The normalized spacial score (nSPS) is 9.93. The summed E-state index contributed by atoms with van der Waals surface area (Å²) in [6.45, 7) is 5.79. The zero-order valence-corrected chi connectivity index (χ0v) is 10.0. The maximum atomic E-state index is 7.95. The van der Waals surface area contributed by atoms with Gasteiger partial charge in [0.1, 0.15) is 5.84 Å². The Kier molecular flexibility index (Phi) is 4.07. The third kappa shape index (κ3) is 2.54. The molecular weight excluding hydrogens is 242 g/mol. The number of pyridine rings is 1. The van der Waals surface area contributed by atoms with Crippen LogP contribution in [0.2, 0.25) is 0 Å². The Labute approximate surface area is 92.8 Å². The van der Waals surface area contributed by atoms with Gasteiger partial charge in [-0.25, -0.2) is 0 Å². The van der Waals surface area contributed by atoms with Crippen molar-refractivity contribution in [2.45, 2.75) is 13.8 Å². The number of hydrogen-bond acceptors (Lipinski definition) is 2. The van der Waals surface area contributed by atoms with E-state index in [2.05, 4.69) is 20.9 Å². The van der Waals surface area contributed by atoms with Crippen molar-refractivity contribution in [2.75, 3.05) is 13.1 Å². The fraction of sp³-hybridized carbons (Fsp3) is 0.400. The highest BCUT2D eigenvalue weighted by Gasteiger charge is 2.08. The molecule has 14 heavy (non-hydrogen) atoms. The van der Waals surface area contributed by atoms with E-state index in [1.54, 1.807) is 12.4 Å². The molecule has 1 aromatic rings. The Morgan fingerprint density at radius 3 is 2.57 bits per heavy atom. The molecule has 0 bridgehead atoms. The molecule has 0 aliphatic heterocycles. The van der Waals surface area contributed by atoms with Crippen LogP contribution in [0.4, 0.5) is 0 Å². The second-order valence-corrected chi connectivity index (χ2v) is 3.83. The van der Waals surface area contributed by atoms with Crippen molar-refractivity contribution in [3.8, 4) is 0 Å². The first-order valence-electron chi connectivity index (χ1n) is 4.63. The van der Waals surface area contributed by atoms with Crippen molar-refractivity contribution in [2.24, 2.45) is 0 Å². The molecule has 0 spiro atoms. The monoisotopic (exact) mass is 255 g/mol. The predicted octanol–water partition coefficient (Wildman–Crippen LogP) is 2.51. The molecule has 0 aromatic carbocycles. The van der Waals surface area contributed by atoms with Crippen molar-refractivity contribution in [3.05, 3.63) is 28.5 Å². The van der Waals surface area contributed by atoms with Gasteiger partial charge in [-0.1, -0.05) is 0 Å². The van der Waals surface area contributed by atoms with E-state index in [9.17, 15) is 0 Å². The molecule has 0 atom stereocenters. The fourth-order valence-corrected chi connectivity index (χ4v) is 1.63. The van der Waals surface area contributed by atoms with E-state index < -0.39 is 0 Å². The summed E-state index contributed by atoms with van der Waals surface area (Å²) < 4.78 is 0.909. The van der Waals surface area contributed by atoms with Gasteiger partial charge in [0.2, 0.25) is 0 Å². The van der Waals surface area contributed by atoms with E-state index in [0.29, 0.717) is 5.84 Å². The molecule has 4 heteroatoms. The minimum absolute atomic E-state index is 0.531. The van der Waals surface area contributed by atoms with Gasteiger partial charge in [0.15, 0.2) is 0 Å². The lowest BCUT2D eigenvalue weighted by Crippen LogP contribution is -2.30. The summed E-state index contributed by atoms with van der Waals surface area (Å²) in [6, 6.07) is 1.91. The molecule has 1 rings (SSSR count). The Morgan fingerprint density at radius 2 is 2.07 bits per heavy atom. The summed E-state index contributed by atoms with van der Waals surface area (Å²) in [7, 11) is 0. The van der Waals surface area contributed by atoms with E-state index in [1.165, 1.54) is 0 Å². The fourth-order valence-electron chi connectivity index (χ4n) is 1.26. The maximum Gasteiger partial charge on any atom is 0.129 e. The number of amidine groups is 1. The van der Waals surface area contributed by atoms with Crippen LogP contribution in [0.1, 0.15) is 19.4 Å². The summed E-state index contributed by atoms with van der Waals surface area (Å²) >= 11 is 3.35. The van der Waals surface area contributed by atoms with Crippen LogP contribution in [0.5, 0.6) is 0 Å². The Balaban J connectivity index is 2.88. The van der Waals surface area contributed by atoms with Gasteiger partial charge in [0.05, 0.1) is 0 Å². The first-order valence-corrected chi connectivity index (χ1v) is 5.42. The molecule has 3 nitrogen and oxygen atoms in total. The van der Waals surface area contributed by atoms with Crippen molar-refractivity contribution in [1.29, 1.82) is 5.41 Å². The second kappa shape index (κ2) is 5.10. The Hall–Kier alpha value is -0.900. The molecule has 1 aromatic heterocycles. The highest BCUT2D eigenvalue weighted by molar-refractivity contribution is 9.10. The first-order chi connectivity index (χ1) is 6.69. The van der Waals surface area contributed by atoms with Crippen molar-refractivity contribution >= 4 is 21.8 Å². The average molecular weight is 256 g/mol. The molecule has 1 heterocycles. The molecule has 0 unspecified atom stereocenters. The molecule has 0 saturated carbocycles. The van der Waals surface area contributed by atoms with Gasteiger partial charge in [-0.2, -0.15) is 0 Å². The lowest BCUT2D eigenvalue weighted by atomic mass is 10.2. The Morgan fingerprint density at radius 1 is 1.43 bits per heavy atom. The summed E-state index contributed by atoms with van der Waals surface area (Å²) in [5.41, 5.74) is 0.850. The van der Waals surface area contributed by atoms with Crippen LogP contribution in [0.15, 0.2) is 22.9 Å². The van der Waals surface area contributed by atoms with Gasteiger partial charge in [-0.3, -0.25) is 10.4 Å². The van der Waals surface area contributed by atoms with Crippen LogP contribution in [0, 0.1) is 5.41 Å². The third-order valence-electron chi connectivity index (χ3n) is 2.06. The van der Waals surface area contributed by atoms with E-state index in [-0.39, 0.29) is 0 Å². The van der Waals surface area contributed by atoms with Gasteiger partial charge in [-0.15, -0.1) is 0 Å². The quantitative estimate of drug-likeness (QED) is 0.666. The van der Waals surface area contributed by atoms with Gasteiger partial charge in [0.25, 0.3) is 0 Å². The van der Waals surface area contributed by atoms with Gasteiger partial charge in [0, 0.05) is 35.5 Å². The average Bonchev–Trinajstić information content (AvgIpc) is 2.19. The zero-order valence-electron chi connectivity index (χ0n) is 8.42. The number of aromatic nitrogens is 1. The molecule has 0 aliphatic carbocycles. The van der Waals surface area contributed by atoms with Crippen LogP contribution < -0.4 is 0 Å². The van der Waals surface area contributed by atoms with Gasteiger partial charge >= 0.3 is 0 Å². The summed E-state index contributed by atoms with van der Waals surface area (Å²) in [6.07, 6.45) is 3.43. The lowest BCUT2D eigenvalue weighted by Gasteiger charge is -2.21. The smallest absolute Gasteiger partial charge is 0.129 e. The summed E-state index contributed by atoms with van der Waals surface area (Å²) in [4.78, 5) is 6.03. The number of hydrogen-bond donors (Lipinski definition) is 1. The van der Waals surface area contributed by atoms with Gasteiger partial charge < -0.3 is 4.90 Å². The van der Waals surface area contributed by atoms with Gasteiger partial charge in [-0.05, 0) is 35.8 Å². The van der Waals surface area contributed by atoms with Crippen molar-refractivity contribution in [3.63, 3.8) is 0 Å². The Bertz CT molecular complexity index is 321. The minimum Gasteiger partial charge on any atom is -0.357 e. The molecule has 0 saturated heterocycles. The van der Waals surface area contributed by atoms with Crippen molar-refractivity contribution < 1.29 is 0 Å². The number of halogens is 1. The van der Waals surface area contributed by atoms with Crippen LogP contribution in [0.25, 0.3) is 0 Å². The van der Waals surface area contributed by atoms with E-state index >= 15 is 0 Å². The summed E-state index contributed by atoms with van der Waals surface area (Å²) in [5, 5.41) is 7.95. The first kappa shape index (κ1) is 11.2. The second-order valence-electron chi connectivity index (χ2n) is 2.91. The third-order valence-corrected chi connectivity index (χ3v) is 2.49. The largest absolute Gasteiger partial charge is 0.357 e. The molecule has 1 N–H and O–H groups in total. The summed E-state index contributed by atoms with van der Waals surface area (Å²) in [5.74, 6) is 0.531. The lowest BCUT2D eigenvalue weighted by molar-refractivity contribution is 0.463. The van der Waals surface area contributed by atoms with Crippen molar-refractivity contribution in [1.82, 2.24) is 9.88 Å². The predicted molar refractivity (Wildman–Crippen MR) is 61.7 cm³/mol. The number of nitrogens with one attached hydrogen (secondary N) is 1. The molecule has 0 radical (unpaired) electrons. The topological polar surface area (TPSA) is 40.0 Å². The highest BCUT2D eigenvalue weighted by Crippen LogP contribution is 2.11. The molecule has 0 aliphatic rings. The maximum absolute atomic E-state index is 7.95. The zero-order chi connectivity index (χ0) is 10.6. The number of nitrogens with zero attached hydrogens (tertiary/aromatic N) is 2. The van der Waals surface area contributed by atoms with Crippen LogP contribution in [-0.4, -0.2) is 28.8 Å². The van der Waals surface area contributed by atoms with Crippen LogP contribution in [-0.2, 0) is 0 Å². The molecular formula is C10H14BrN3. The minimum atomic E-state index is 0.531. The number of rotatable bonds is 3. The molecule has 0 fully saturated rings. The van der Waals surface area contributed by atoms with E-state index in [1.807, 2.05) is 24.8 Å². The van der Waals surface area contributed by atoms with E-state index in [0.717, 1.165) is 23.1 Å². The molecule has 76 valence electrons. The standard InChI is InChI=1S/C10H14BrN3/c1-3-14(4-2)10(12)8-5-9(11)7-13-6-8/h5-7,12H,3-4H2,1-2H3. The van der Waals surface area contributed by atoms with Crippen LogP contribution >= 0.6 is 15.9 Å². The van der Waals surface area contributed by atoms with E-state index in [4.69, 9.17) is 5.41 Å². The highest BCUT2D eigenvalue weighted by atomic mass is 79.9. The molecule has 0 amide bonds. The SMILES string of the molecule is CCN(CC)C(=N)c1cncc(Br)c1.